The summed E-state index contributed by atoms with van der Waals surface area (Å²) >= 11 is 5.88. The molecule has 1 aliphatic heterocycles. The van der Waals surface area contributed by atoms with E-state index in [2.05, 4.69) is 20.5 Å². The minimum Gasteiger partial charge on any atom is -0.337 e. The van der Waals surface area contributed by atoms with Crippen LogP contribution < -0.4 is 10.6 Å². The van der Waals surface area contributed by atoms with Crippen LogP contribution in [0.4, 0.5) is 10.5 Å². The number of hydrogen-bond donors (Lipinski definition) is 2. The number of likely N-dealkylation sites (tertiary alicyclic amines) is 1. The van der Waals surface area contributed by atoms with Crippen molar-refractivity contribution in [3.05, 3.63) is 65.3 Å². The average molecular weight is 502 g/mol. The van der Waals surface area contributed by atoms with Gasteiger partial charge >= 0.3 is 6.03 Å². The molecule has 2 amide bonds. The molecule has 1 aromatic heterocycles. The van der Waals surface area contributed by atoms with Crippen molar-refractivity contribution < 1.29 is 13.2 Å². The third-order valence-electron chi connectivity index (χ3n) is 6.06. The number of urea groups is 1. The first-order chi connectivity index (χ1) is 16.2. The fourth-order valence-corrected chi connectivity index (χ4v) is 5.69. The molecule has 1 unspecified atom stereocenters. The number of aryl methyl sites for hydroxylation is 1. The summed E-state index contributed by atoms with van der Waals surface area (Å²) < 4.78 is 27.3. The number of amides is 2. The summed E-state index contributed by atoms with van der Waals surface area (Å²) in [6, 6.07) is 15.3. The Hall–Kier alpha value is -2.72. The van der Waals surface area contributed by atoms with Crippen molar-refractivity contribution in [3.63, 3.8) is 0 Å². The third kappa shape index (κ3) is 5.50. The van der Waals surface area contributed by atoms with Gasteiger partial charge in [-0.2, -0.15) is 4.31 Å². The van der Waals surface area contributed by atoms with Crippen molar-refractivity contribution in [2.24, 2.45) is 0 Å². The topological polar surface area (TPSA) is 94.6 Å². The highest BCUT2D eigenvalue weighted by Crippen LogP contribution is 2.24. The molecule has 34 heavy (non-hydrogen) atoms. The molecule has 2 N–H and O–H groups in total. The average Bonchev–Trinajstić information content (AvgIpc) is 3.27. The lowest BCUT2D eigenvalue weighted by Gasteiger charge is -2.24. The number of nitrogens with zero attached hydrogens (tertiary/aromatic N) is 3. The fourth-order valence-electron chi connectivity index (χ4n) is 4.19. The van der Waals surface area contributed by atoms with Crippen LogP contribution in [0.3, 0.4) is 0 Å². The number of sulfonamides is 1. The van der Waals surface area contributed by atoms with Gasteiger partial charge in [0, 0.05) is 48.8 Å². The van der Waals surface area contributed by atoms with Gasteiger partial charge in [0.05, 0.1) is 16.1 Å². The van der Waals surface area contributed by atoms with E-state index in [1.54, 1.807) is 19.2 Å². The Kier molecular flexibility index (Phi) is 7.37. The number of fused-ring (bicyclic) bond motifs is 1. The summed E-state index contributed by atoms with van der Waals surface area (Å²) in [7, 11) is -1.97. The normalized spacial score (nSPS) is 16.8. The molecule has 1 fully saturated rings. The zero-order valence-electron chi connectivity index (χ0n) is 19.2. The van der Waals surface area contributed by atoms with Crippen molar-refractivity contribution in [2.75, 3.05) is 38.5 Å². The first kappa shape index (κ1) is 24.4. The number of benzene rings is 2. The van der Waals surface area contributed by atoms with Crippen LogP contribution in [0.15, 0.2) is 59.5 Å². The number of rotatable bonds is 7. The Labute approximate surface area is 205 Å². The Balaban J connectivity index is 1.28. The van der Waals surface area contributed by atoms with Crippen LogP contribution in [0.25, 0.3) is 10.9 Å². The molecule has 2 heterocycles. The molecule has 0 bridgehead atoms. The molecular formula is C24H28ClN5O3S. The van der Waals surface area contributed by atoms with E-state index in [1.165, 1.54) is 16.4 Å². The molecule has 4 rings (SSSR count). The number of aromatic nitrogens is 1. The van der Waals surface area contributed by atoms with Gasteiger partial charge in [-0.05, 0) is 56.3 Å². The summed E-state index contributed by atoms with van der Waals surface area (Å²) in [6.07, 6.45) is 0.734. The number of halogens is 1. The summed E-state index contributed by atoms with van der Waals surface area (Å²) in [6.45, 7) is 4.36. The Morgan fingerprint density at radius 3 is 2.71 bits per heavy atom. The summed E-state index contributed by atoms with van der Waals surface area (Å²) in [5.41, 5.74) is 2.38. The van der Waals surface area contributed by atoms with Crippen molar-refractivity contribution in [2.45, 2.75) is 24.3 Å². The molecule has 0 saturated carbocycles. The second-order valence-corrected chi connectivity index (χ2v) is 10.9. The van der Waals surface area contributed by atoms with Crippen LogP contribution in [-0.4, -0.2) is 67.9 Å². The molecule has 1 saturated heterocycles. The third-order valence-corrected chi connectivity index (χ3v) is 8.23. The molecule has 1 atom stereocenters. The minimum absolute atomic E-state index is 0.124. The standard InChI is InChI=1S/C24H28ClN5O3S/c1-17-15-23(21-5-3-4-6-22(21)27-17)28-24(31)26-12-14-30-13-11-19(16-30)29(2)34(32,33)20-9-7-18(25)8-10-20/h3-10,15,19H,11-14,16H2,1-2H3,(H2,26,27,28,31). The van der Waals surface area contributed by atoms with Crippen LogP contribution in [0.2, 0.25) is 5.02 Å². The highest BCUT2D eigenvalue weighted by Gasteiger charge is 2.33. The smallest absolute Gasteiger partial charge is 0.319 e. The number of hydrogen-bond acceptors (Lipinski definition) is 5. The molecule has 0 radical (unpaired) electrons. The molecule has 180 valence electrons. The molecule has 0 aliphatic carbocycles. The molecule has 8 nitrogen and oxygen atoms in total. The number of anilines is 1. The molecule has 1 aliphatic rings. The molecule has 2 aromatic carbocycles. The van der Waals surface area contributed by atoms with Crippen LogP contribution >= 0.6 is 11.6 Å². The monoisotopic (exact) mass is 501 g/mol. The highest BCUT2D eigenvalue weighted by atomic mass is 35.5. The van der Waals surface area contributed by atoms with Gasteiger partial charge in [0.2, 0.25) is 10.0 Å². The van der Waals surface area contributed by atoms with E-state index in [0.29, 0.717) is 24.7 Å². The zero-order valence-corrected chi connectivity index (χ0v) is 20.7. The van der Waals surface area contributed by atoms with Gasteiger partial charge in [-0.25, -0.2) is 13.2 Å². The number of nitrogens with one attached hydrogen (secondary N) is 2. The second-order valence-electron chi connectivity index (χ2n) is 8.43. The van der Waals surface area contributed by atoms with Gasteiger partial charge in [-0.1, -0.05) is 29.8 Å². The number of para-hydroxylation sites is 1. The molecular weight excluding hydrogens is 474 g/mol. The van der Waals surface area contributed by atoms with E-state index >= 15 is 0 Å². The lowest BCUT2D eigenvalue weighted by molar-refractivity contribution is 0.248. The van der Waals surface area contributed by atoms with Crippen LogP contribution in [0.1, 0.15) is 12.1 Å². The van der Waals surface area contributed by atoms with E-state index < -0.39 is 10.0 Å². The van der Waals surface area contributed by atoms with Crippen LogP contribution in [-0.2, 0) is 10.0 Å². The lowest BCUT2D eigenvalue weighted by atomic mass is 10.1. The Morgan fingerprint density at radius 1 is 1.21 bits per heavy atom. The van der Waals surface area contributed by atoms with Crippen molar-refractivity contribution in [3.8, 4) is 0 Å². The molecule has 10 heteroatoms. The number of pyridine rings is 1. The Morgan fingerprint density at radius 2 is 1.94 bits per heavy atom. The van der Waals surface area contributed by atoms with E-state index in [4.69, 9.17) is 11.6 Å². The van der Waals surface area contributed by atoms with E-state index in [9.17, 15) is 13.2 Å². The summed E-state index contributed by atoms with van der Waals surface area (Å²) in [5, 5.41) is 7.19. The van der Waals surface area contributed by atoms with Crippen LogP contribution in [0.5, 0.6) is 0 Å². The zero-order chi connectivity index (χ0) is 24.3. The minimum atomic E-state index is -3.59. The summed E-state index contributed by atoms with van der Waals surface area (Å²) in [5.74, 6) is 0. The quantitative estimate of drug-likeness (QED) is 0.514. The Bertz CT molecular complexity index is 1280. The van der Waals surface area contributed by atoms with E-state index in [-0.39, 0.29) is 17.0 Å². The van der Waals surface area contributed by atoms with Crippen molar-refractivity contribution in [1.82, 2.24) is 19.5 Å². The van der Waals surface area contributed by atoms with Gasteiger partial charge in [0.15, 0.2) is 0 Å². The first-order valence-corrected chi connectivity index (χ1v) is 12.9. The van der Waals surface area contributed by atoms with E-state index in [0.717, 1.165) is 35.2 Å². The number of carbonyl (C=O) groups is 1. The lowest BCUT2D eigenvalue weighted by Crippen LogP contribution is -2.40. The first-order valence-electron chi connectivity index (χ1n) is 11.1. The highest BCUT2D eigenvalue weighted by molar-refractivity contribution is 7.89. The van der Waals surface area contributed by atoms with Gasteiger partial charge < -0.3 is 10.6 Å². The predicted octanol–water partition coefficient (Wildman–Crippen LogP) is 3.71. The second kappa shape index (κ2) is 10.3. The van der Waals surface area contributed by atoms with Crippen molar-refractivity contribution >= 4 is 44.2 Å². The predicted molar refractivity (Wildman–Crippen MR) is 135 cm³/mol. The largest absolute Gasteiger partial charge is 0.337 e. The maximum absolute atomic E-state index is 12.9. The van der Waals surface area contributed by atoms with Gasteiger partial charge in [0.1, 0.15) is 0 Å². The molecule has 0 spiro atoms. The van der Waals surface area contributed by atoms with Gasteiger partial charge in [-0.15, -0.1) is 0 Å². The van der Waals surface area contributed by atoms with Gasteiger partial charge in [-0.3, -0.25) is 9.88 Å². The van der Waals surface area contributed by atoms with Gasteiger partial charge in [0.25, 0.3) is 0 Å². The van der Waals surface area contributed by atoms with E-state index in [1.807, 2.05) is 37.3 Å². The number of carbonyl (C=O) groups excluding carboxylic acids is 1. The van der Waals surface area contributed by atoms with Crippen molar-refractivity contribution in [1.29, 1.82) is 0 Å². The maximum Gasteiger partial charge on any atom is 0.319 e. The fraction of sp³-hybridized carbons (Fsp3) is 0.333. The SMILES string of the molecule is Cc1cc(NC(=O)NCCN2CCC(N(C)S(=O)(=O)c3ccc(Cl)cc3)C2)c2ccccc2n1. The van der Waals surface area contributed by atoms with Crippen LogP contribution in [0, 0.1) is 6.92 Å². The number of likely N-dealkylation sites (N-methyl/N-ethyl adjacent to an activating group) is 1. The summed E-state index contributed by atoms with van der Waals surface area (Å²) in [4.78, 5) is 19.3. The molecule has 3 aromatic rings. The maximum atomic E-state index is 12.9.